The second-order valence-electron chi connectivity index (χ2n) is 6.95. The van der Waals surface area contributed by atoms with Crippen LogP contribution < -0.4 is 0 Å². The van der Waals surface area contributed by atoms with Gasteiger partial charge in [-0.15, -0.1) is 11.3 Å². The molecule has 0 fully saturated rings. The van der Waals surface area contributed by atoms with Crippen LogP contribution in [0.2, 0.25) is 0 Å². The van der Waals surface area contributed by atoms with E-state index < -0.39 is 0 Å². The summed E-state index contributed by atoms with van der Waals surface area (Å²) in [5.41, 5.74) is 3.74. The highest BCUT2D eigenvalue weighted by molar-refractivity contribution is 7.12. The second kappa shape index (κ2) is 7.93. The number of ketones is 1. The Morgan fingerprint density at radius 3 is 2.47 bits per heavy atom. The number of thiophene rings is 1. The molecule has 3 aromatic carbocycles. The van der Waals surface area contributed by atoms with Gasteiger partial charge >= 0.3 is 0 Å². The number of allylic oxidation sites excluding steroid dienone is 1. The molecular formula is C26H18N2OS. The van der Waals surface area contributed by atoms with Crippen LogP contribution in [0.1, 0.15) is 15.2 Å². The third-order valence-corrected chi connectivity index (χ3v) is 5.85. The van der Waals surface area contributed by atoms with Crippen molar-refractivity contribution < 1.29 is 4.79 Å². The van der Waals surface area contributed by atoms with Crippen molar-refractivity contribution in [2.24, 2.45) is 0 Å². The maximum Gasteiger partial charge on any atom is 0.195 e. The van der Waals surface area contributed by atoms with Crippen LogP contribution >= 0.6 is 11.3 Å². The number of rotatable bonds is 5. The first-order chi connectivity index (χ1) is 14.8. The zero-order valence-corrected chi connectivity index (χ0v) is 16.9. The molecule has 0 radical (unpaired) electrons. The Kier molecular flexibility index (Phi) is 4.83. The molecule has 3 nitrogen and oxygen atoms in total. The van der Waals surface area contributed by atoms with E-state index in [2.05, 4.69) is 30.3 Å². The van der Waals surface area contributed by atoms with Gasteiger partial charge in [-0.05, 0) is 52.6 Å². The molecule has 2 heterocycles. The van der Waals surface area contributed by atoms with E-state index in [1.807, 2.05) is 76.9 Å². The van der Waals surface area contributed by atoms with Crippen molar-refractivity contribution in [2.75, 3.05) is 0 Å². The fourth-order valence-electron chi connectivity index (χ4n) is 3.45. The number of hydrogen-bond donors (Lipinski definition) is 0. The summed E-state index contributed by atoms with van der Waals surface area (Å²) < 4.78 is 1.86. The molecule has 0 bridgehead atoms. The first kappa shape index (κ1) is 18.3. The summed E-state index contributed by atoms with van der Waals surface area (Å²) in [6.45, 7) is 0. The zero-order chi connectivity index (χ0) is 20.3. The predicted octanol–water partition coefficient (Wildman–Crippen LogP) is 6.65. The van der Waals surface area contributed by atoms with Crippen molar-refractivity contribution >= 4 is 34.0 Å². The van der Waals surface area contributed by atoms with Crippen LogP contribution in [-0.4, -0.2) is 15.6 Å². The van der Waals surface area contributed by atoms with Crippen LogP contribution in [0.15, 0.2) is 103 Å². The molecule has 144 valence electrons. The van der Waals surface area contributed by atoms with Crippen molar-refractivity contribution in [3.05, 3.63) is 113 Å². The number of benzene rings is 3. The highest BCUT2D eigenvalue weighted by Gasteiger charge is 2.12. The predicted molar refractivity (Wildman–Crippen MR) is 124 cm³/mol. The highest BCUT2D eigenvalue weighted by atomic mass is 32.1. The molecule has 0 saturated carbocycles. The van der Waals surface area contributed by atoms with Gasteiger partial charge in [0.1, 0.15) is 0 Å². The van der Waals surface area contributed by atoms with Crippen LogP contribution in [-0.2, 0) is 0 Å². The molecule has 4 heteroatoms. The quantitative estimate of drug-likeness (QED) is 0.242. The van der Waals surface area contributed by atoms with Gasteiger partial charge in [-0.2, -0.15) is 5.10 Å². The monoisotopic (exact) mass is 406 g/mol. The van der Waals surface area contributed by atoms with Gasteiger partial charge < -0.3 is 0 Å². The van der Waals surface area contributed by atoms with Crippen LogP contribution in [0.4, 0.5) is 0 Å². The Hall–Kier alpha value is -3.76. The third-order valence-electron chi connectivity index (χ3n) is 4.96. The van der Waals surface area contributed by atoms with Gasteiger partial charge in [0.15, 0.2) is 5.78 Å². The molecule has 0 atom stereocenters. The van der Waals surface area contributed by atoms with Gasteiger partial charge in [0.05, 0.1) is 16.3 Å². The molecule has 0 aliphatic carbocycles. The standard InChI is InChI=1S/C26H18N2OS/c29-24(25-11-6-16-30-25)15-14-22-18-28(23-9-2-1-3-10-23)27-26(22)21-13-12-19-7-4-5-8-20(19)17-21/h1-18H/b15-14-. The van der Waals surface area contributed by atoms with Crippen LogP contribution in [0, 0.1) is 0 Å². The van der Waals surface area contributed by atoms with Crippen molar-refractivity contribution in [3.8, 4) is 16.9 Å². The molecule has 5 aromatic rings. The van der Waals surface area contributed by atoms with Crippen LogP contribution in [0.3, 0.4) is 0 Å². The van der Waals surface area contributed by atoms with E-state index in [0.29, 0.717) is 0 Å². The first-order valence-electron chi connectivity index (χ1n) is 9.68. The Balaban J connectivity index is 1.60. The first-order valence-corrected chi connectivity index (χ1v) is 10.6. The summed E-state index contributed by atoms with van der Waals surface area (Å²) in [4.78, 5) is 13.2. The topological polar surface area (TPSA) is 34.9 Å². The van der Waals surface area contributed by atoms with Crippen molar-refractivity contribution in [2.45, 2.75) is 0 Å². The summed E-state index contributed by atoms with van der Waals surface area (Å²) in [5, 5.41) is 9.12. The molecule has 0 spiro atoms. The molecule has 5 rings (SSSR count). The summed E-state index contributed by atoms with van der Waals surface area (Å²) in [5.74, 6) is 0.00178. The largest absolute Gasteiger partial charge is 0.288 e. The average molecular weight is 407 g/mol. The van der Waals surface area contributed by atoms with Gasteiger partial charge in [0.25, 0.3) is 0 Å². The van der Waals surface area contributed by atoms with E-state index in [1.165, 1.54) is 16.7 Å². The van der Waals surface area contributed by atoms with Crippen LogP contribution in [0.25, 0.3) is 33.8 Å². The normalized spacial score (nSPS) is 11.3. The molecule has 0 N–H and O–H groups in total. The summed E-state index contributed by atoms with van der Waals surface area (Å²) in [6.07, 6.45) is 5.46. The lowest BCUT2D eigenvalue weighted by Gasteiger charge is -2.03. The number of hydrogen-bond acceptors (Lipinski definition) is 3. The van der Waals surface area contributed by atoms with Gasteiger partial charge in [0.2, 0.25) is 0 Å². The fraction of sp³-hybridized carbons (Fsp3) is 0. The Morgan fingerprint density at radius 1 is 0.867 bits per heavy atom. The molecular weight excluding hydrogens is 388 g/mol. The highest BCUT2D eigenvalue weighted by Crippen LogP contribution is 2.28. The lowest BCUT2D eigenvalue weighted by atomic mass is 10.0. The maximum absolute atomic E-state index is 12.5. The summed E-state index contributed by atoms with van der Waals surface area (Å²) >= 11 is 1.45. The smallest absolute Gasteiger partial charge is 0.195 e. The zero-order valence-electron chi connectivity index (χ0n) is 16.1. The molecule has 0 saturated heterocycles. The SMILES string of the molecule is O=C(/C=C\c1cn(-c2ccccc2)nc1-c1ccc2ccccc2c1)c1cccs1. The minimum Gasteiger partial charge on any atom is -0.288 e. The second-order valence-corrected chi connectivity index (χ2v) is 7.90. The summed E-state index contributed by atoms with van der Waals surface area (Å²) in [7, 11) is 0. The van der Waals surface area contributed by atoms with Crippen LogP contribution in [0.5, 0.6) is 0 Å². The molecule has 30 heavy (non-hydrogen) atoms. The number of carbonyl (C=O) groups is 1. The number of nitrogens with zero attached hydrogens (tertiary/aromatic N) is 2. The Labute approximate surface area is 178 Å². The van der Waals surface area contributed by atoms with E-state index in [-0.39, 0.29) is 5.78 Å². The Bertz CT molecular complexity index is 1350. The lowest BCUT2D eigenvalue weighted by molar-refractivity contribution is 0.105. The number of fused-ring (bicyclic) bond motifs is 1. The van der Waals surface area contributed by atoms with Crippen molar-refractivity contribution in [3.63, 3.8) is 0 Å². The number of para-hydroxylation sites is 1. The minimum absolute atomic E-state index is 0.00178. The van der Waals surface area contributed by atoms with Gasteiger partial charge in [-0.1, -0.05) is 60.7 Å². The average Bonchev–Trinajstić information content (AvgIpc) is 3.48. The molecule has 0 aliphatic heterocycles. The van der Waals surface area contributed by atoms with Gasteiger partial charge in [-0.3, -0.25) is 4.79 Å². The molecule has 0 aliphatic rings. The van der Waals surface area contributed by atoms with Gasteiger partial charge in [-0.25, -0.2) is 4.68 Å². The number of aromatic nitrogens is 2. The lowest BCUT2D eigenvalue weighted by Crippen LogP contribution is -1.94. The molecule has 2 aromatic heterocycles. The van der Waals surface area contributed by atoms with Crippen molar-refractivity contribution in [1.82, 2.24) is 9.78 Å². The number of carbonyl (C=O) groups excluding carboxylic acids is 1. The van der Waals surface area contributed by atoms with Gasteiger partial charge in [0, 0.05) is 17.3 Å². The third kappa shape index (κ3) is 3.61. The molecule has 0 unspecified atom stereocenters. The van der Waals surface area contributed by atoms with E-state index in [0.717, 1.165) is 32.8 Å². The fourth-order valence-corrected chi connectivity index (χ4v) is 4.09. The van der Waals surface area contributed by atoms with Crippen molar-refractivity contribution in [1.29, 1.82) is 0 Å². The van der Waals surface area contributed by atoms with E-state index >= 15 is 0 Å². The maximum atomic E-state index is 12.5. The molecule has 0 amide bonds. The van der Waals surface area contributed by atoms with E-state index in [1.54, 1.807) is 6.08 Å². The summed E-state index contributed by atoms with van der Waals surface area (Å²) in [6, 6.07) is 28.3. The Morgan fingerprint density at radius 2 is 1.67 bits per heavy atom. The minimum atomic E-state index is 0.00178. The van der Waals surface area contributed by atoms with E-state index in [9.17, 15) is 4.79 Å². The van der Waals surface area contributed by atoms with E-state index in [4.69, 9.17) is 5.10 Å².